The smallest absolute Gasteiger partial charge is 0.271 e. The Morgan fingerprint density at radius 3 is 2.59 bits per heavy atom. The predicted molar refractivity (Wildman–Crippen MR) is 93.3 cm³/mol. The Balaban J connectivity index is 1.95. The molecule has 140 valence electrons. The third-order valence-corrected chi connectivity index (χ3v) is 3.29. The van der Waals surface area contributed by atoms with Gasteiger partial charge < -0.3 is 5.32 Å². The van der Waals surface area contributed by atoms with Gasteiger partial charge in [0.15, 0.2) is 0 Å². The largest absolute Gasteiger partial charge is 0.323 e. The van der Waals surface area contributed by atoms with Crippen LogP contribution in [0.5, 0.6) is 0 Å². The summed E-state index contributed by atoms with van der Waals surface area (Å²) in [6, 6.07) is 7.77. The number of hydrogen-bond acceptors (Lipinski definition) is 5. The van der Waals surface area contributed by atoms with Crippen molar-refractivity contribution in [2.24, 2.45) is 5.10 Å². The molecule has 2 aromatic carbocycles. The second-order valence-corrected chi connectivity index (χ2v) is 5.44. The molecule has 0 radical (unpaired) electrons. The standard InChI is InChI=1S/C17H14F2N4O4/c1-10(7-16(24)20-15-6-5-12(18)9-14(15)19)21-22-17(25)11-3-2-4-13(8-11)23(26)27/h2-6,8-9H,7H2,1H3,(H,20,24)(H,22,25). The van der Waals surface area contributed by atoms with E-state index in [9.17, 15) is 28.5 Å². The lowest BCUT2D eigenvalue weighted by atomic mass is 10.2. The Hall–Kier alpha value is -3.69. The van der Waals surface area contributed by atoms with Gasteiger partial charge in [0.1, 0.15) is 11.6 Å². The van der Waals surface area contributed by atoms with Crippen molar-refractivity contribution in [1.82, 2.24) is 5.43 Å². The molecule has 0 aromatic heterocycles. The third-order valence-electron chi connectivity index (χ3n) is 3.29. The van der Waals surface area contributed by atoms with Crippen molar-refractivity contribution in [1.29, 1.82) is 0 Å². The van der Waals surface area contributed by atoms with Gasteiger partial charge in [-0.05, 0) is 25.1 Å². The molecule has 10 heteroatoms. The number of nitro groups is 1. The predicted octanol–water partition coefficient (Wildman–Crippen LogP) is 3.01. The number of halogens is 2. The topological polar surface area (TPSA) is 114 Å². The van der Waals surface area contributed by atoms with E-state index in [1.165, 1.54) is 25.1 Å². The molecule has 2 aromatic rings. The Bertz CT molecular complexity index is 931. The van der Waals surface area contributed by atoms with E-state index in [0.717, 1.165) is 18.2 Å². The lowest BCUT2D eigenvalue weighted by Gasteiger charge is -2.06. The number of carbonyl (C=O) groups excluding carboxylic acids is 2. The number of non-ortho nitro benzene ring substituents is 1. The maximum Gasteiger partial charge on any atom is 0.271 e. The fourth-order valence-electron chi connectivity index (χ4n) is 2.03. The van der Waals surface area contributed by atoms with Crippen molar-refractivity contribution in [3.63, 3.8) is 0 Å². The molecule has 2 N–H and O–H groups in total. The first-order valence-electron chi connectivity index (χ1n) is 7.59. The highest BCUT2D eigenvalue weighted by atomic mass is 19.1. The third kappa shape index (κ3) is 5.66. The van der Waals surface area contributed by atoms with E-state index in [2.05, 4.69) is 15.8 Å². The molecule has 0 aliphatic carbocycles. The Kier molecular flexibility index (Phi) is 6.26. The van der Waals surface area contributed by atoms with Crippen LogP contribution in [0.2, 0.25) is 0 Å². The molecule has 0 spiro atoms. The fourth-order valence-corrected chi connectivity index (χ4v) is 2.03. The Morgan fingerprint density at radius 1 is 1.19 bits per heavy atom. The molecule has 0 atom stereocenters. The number of amides is 2. The van der Waals surface area contributed by atoms with E-state index >= 15 is 0 Å². The maximum atomic E-state index is 13.5. The quantitative estimate of drug-likeness (QED) is 0.458. The zero-order valence-electron chi connectivity index (χ0n) is 14.0. The molecule has 0 fully saturated rings. The molecule has 0 aliphatic heterocycles. The van der Waals surface area contributed by atoms with Gasteiger partial charge in [0, 0.05) is 29.5 Å². The van der Waals surface area contributed by atoms with Gasteiger partial charge in [-0.25, -0.2) is 14.2 Å². The highest BCUT2D eigenvalue weighted by molar-refractivity contribution is 6.06. The van der Waals surface area contributed by atoms with E-state index < -0.39 is 28.4 Å². The number of benzene rings is 2. The number of nitro benzene ring substituents is 1. The minimum atomic E-state index is -0.920. The van der Waals surface area contributed by atoms with Crippen LogP contribution in [0.25, 0.3) is 0 Å². The lowest BCUT2D eigenvalue weighted by molar-refractivity contribution is -0.384. The summed E-state index contributed by atoms with van der Waals surface area (Å²) in [5.41, 5.74) is 1.97. The molecule has 0 saturated heterocycles. The number of nitrogens with one attached hydrogen (secondary N) is 2. The lowest BCUT2D eigenvalue weighted by Crippen LogP contribution is -2.21. The summed E-state index contributed by atoms with van der Waals surface area (Å²) in [5.74, 6) is -3.00. The van der Waals surface area contributed by atoms with Crippen molar-refractivity contribution in [3.8, 4) is 0 Å². The molecule has 0 bridgehead atoms. The van der Waals surface area contributed by atoms with Gasteiger partial charge in [0.25, 0.3) is 11.6 Å². The van der Waals surface area contributed by atoms with Crippen molar-refractivity contribution in [3.05, 3.63) is 69.8 Å². The second-order valence-electron chi connectivity index (χ2n) is 5.44. The summed E-state index contributed by atoms with van der Waals surface area (Å²) in [4.78, 5) is 33.9. The average molecular weight is 376 g/mol. The van der Waals surface area contributed by atoms with Gasteiger partial charge in [-0.2, -0.15) is 5.10 Å². The molecular weight excluding hydrogens is 362 g/mol. The fraction of sp³-hybridized carbons (Fsp3) is 0.118. The monoisotopic (exact) mass is 376 g/mol. The molecule has 0 aliphatic rings. The first-order chi connectivity index (χ1) is 12.8. The summed E-state index contributed by atoms with van der Waals surface area (Å²) in [7, 11) is 0. The van der Waals surface area contributed by atoms with Gasteiger partial charge in [0.05, 0.1) is 17.0 Å². The summed E-state index contributed by atoms with van der Waals surface area (Å²) >= 11 is 0. The number of nitrogens with zero attached hydrogens (tertiary/aromatic N) is 2. The van der Waals surface area contributed by atoms with E-state index in [1.54, 1.807) is 0 Å². The van der Waals surface area contributed by atoms with Crippen LogP contribution < -0.4 is 10.7 Å². The minimum absolute atomic E-state index is 0.0265. The molecule has 0 unspecified atom stereocenters. The Morgan fingerprint density at radius 2 is 1.93 bits per heavy atom. The summed E-state index contributed by atoms with van der Waals surface area (Å²) in [6.45, 7) is 1.45. The normalized spacial score (nSPS) is 11.0. The van der Waals surface area contributed by atoms with Crippen LogP contribution in [0.3, 0.4) is 0 Å². The number of hydrogen-bond donors (Lipinski definition) is 2. The number of hydrazone groups is 1. The highest BCUT2D eigenvalue weighted by Crippen LogP contribution is 2.15. The van der Waals surface area contributed by atoms with Crippen molar-refractivity contribution in [2.45, 2.75) is 13.3 Å². The van der Waals surface area contributed by atoms with Crippen LogP contribution >= 0.6 is 0 Å². The number of carbonyl (C=O) groups is 2. The van der Waals surface area contributed by atoms with Crippen molar-refractivity contribution < 1.29 is 23.3 Å². The number of rotatable bonds is 6. The summed E-state index contributed by atoms with van der Waals surface area (Å²) < 4.78 is 26.3. The molecule has 0 heterocycles. The van der Waals surface area contributed by atoms with Crippen molar-refractivity contribution >= 4 is 28.9 Å². The van der Waals surface area contributed by atoms with E-state index in [4.69, 9.17) is 0 Å². The van der Waals surface area contributed by atoms with Crippen LogP contribution in [0.15, 0.2) is 47.6 Å². The highest BCUT2D eigenvalue weighted by Gasteiger charge is 2.12. The molecule has 2 amide bonds. The van der Waals surface area contributed by atoms with Crippen LogP contribution in [0, 0.1) is 21.7 Å². The molecular formula is C17H14F2N4O4. The van der Waals surface area contributed by atoms with Crippen LogP contribution in [-0.2, 0) is 4.79 Å². The van der Waals surface area contributed by atoms with Crippen LogP contribution in [0.4, 0.5) is 20.2 Å². The minimum Gasteiger partial charge on any atom is -0.323 e. The van der Waals surface area contributed by atoms with E-state index in [-0.39, 0.29) is 29.1 Å². The first-order valence-corrected chi connectivity index (χ1v) is 7.59. The van der Waals surface area contributed by atoms with Gasteiger partial charge in [-0.15, -0.1) is 0 Å². The zero-order chi connectivity index (χ0) is 20.0. The van der Waals surface area contributed by atoms with E-state index in [0.29, 0.717) is 6.07 Å². The van der Waals surface area contributed by atoms with E-state index in [1.807, 2.05) is 0 Å². The average Bonchev–Trinajstić information content (AvgIpc) is 2.62. The molecule has 27 heavy (non-hydrogen) atoms. The summed E-state index contributed by atoms with van der Waals surface area (Å²) in [5, 5.41) is 16.7. The SMILES string of the molecule is CC(CC(=O)Nc1ccc(F)cc1F)=NNC(=O)c1cccc([N+](=O)[O-])c1. The molecule has 2 rings (SSSR count). The summed E-state index contributed by atoms with van der Waals surface area (Å²) in [6.07, 6.45) is -0.258. The first kappa shape index (κ1) is 19.6. The second kappa shape index (κ2) is 8.61. The van der Waals surface area contributed by atoms with Gasteiger partial charge in [0.2, 0.25) is 5.91 Å². The van der Waals surface area contributed by atoms with Crippen LogP contribution in [0.1, 0.15) is 23.7 Å². The number of anilines is 1. The maximum absolute atomic E-state index is 13.5. The molecule has 8 nitrogen and oxygen atoms in total. The van der Waals surface area contributed by atoms with Crippen LogP contribution in [-0.4, -0.2) is 22.4 Å². The van der Waals surface area contributed by atoms with Gasteiger partial charge in [-0.1, -0.05) is 6.07 Å². The molecule has 0 saturated carbocycles. The zero-order valence-corrected chi connectivity index (χ0v) is 14.0. The Labute approximate surface area is 152 Å². The van der Waals surface area contributed by atoms with Crippen molar-refractivity contribution in [2.75, 3.05) is 5.32 Å². The van der Waals surface area contributed by atoms with Gasteiger partial charge >= 0.3 is 0 Å². The van der Waals surface area contributed by atoms with Gasteiger partial charge in [-0.3, -0.25) is 19.7 Å².